The number of carbonyl (C=O) groups excluding carboxylic acids is 1. The molecule has 0 amide bonds. The molecule has 0 saturated heterocycles. The number of para-hydroxylation sites is 1. The van der Waals surface area contributed by atoms with Gasteiger partial charge < -0.3 is 29.8 Å². The smallest absolute Gasteiger partial charge is 0.347 e. The highest BCUT2D eigenvalue weighted by Gasteiger charge is 2.53. The molecule has 2 unspecified atom stereocenters. The Balaban J connectivity index is 1.55. The average molecular weight is 540 g/mol. The molecule has 4 aromatic carbocycles. The molecule has 0 radical (unpaired) electrons. The Morgan fingerprint density at radius 3 is 2.00 bits per heavy atom. The number of carboxylic acids is 1. The largest absolute Gasteiger partial charge is 0.497 e. The Kier molecular flexibility index (Phi) is 7.44. The molecule has 5 rings (SSSR count). The van der Waals surface area contributed by atoms with Crippen molar-refractivity contribution in [1.82, 2.24) is 0 Å². The van der Waals surface area contributed by atoms with E-state index in [9.17, 15) is 14.7 Å². The summed E-state index contributed by atoms with van der Waals surface area (Å²) in [5.41, 5.74) is 8.72. The number of fused-ring (bicyclic) bond motifs is 3. The van der Waals surface area contributed by atoms with Crippen LogP contribution in [0.4, 0.5) is 0 Å². The molecule has 0 saturated carbocycles. The zero-order chi connectivity index (χ0) is 28.3. The van der Waals surface area contributed by atoms with E-state index in [4.69, 9.17) is 24.7 Å². The summed E-state index contributed by atoms with van der Waals surface area (Å²) >= 11 is 0. The Morgan fingerprint density at radius 1 is 0.825 bits per heavy atom. The Bertz CT molecular complexity index is 1490. The van der Waals surface area contributed by atoms with Crippen molar-refractivity contribution in [3.8, 4) is 28.4 Å². The fourth-order valence-corrected chi connectivity index (χ4v) is 5.19. The van der Waals surface area contributed by atoms with Crippen LogP contribution in [0.5, 0.6) is 17.2 Å². The van der Waals surface area contributed by atoms with Crippen LogP contribution >= 0.6 is 0 Å². The van der Waals surface area contributed by atoms with Crippen LogP contribution in [0.25, 0.3) is 11.1 Å². The third kappa shape index (κ3) is 4.74. The monoisotopic (exact) mass is 539 g/mol. The van der Waals surface area contributed by atoms with Crippen LogP contribution in [0.3, 0.4) is 0 Å². The van der Waals surface area contributed by atoms with Crippen molar-refractivity contribution in [2.45, 2.75) is 17.6 Å². The normalized spacial score (nSPS) is 14.3. The predicted molar refractivity (Wildman–Crippen MR) is 149 cm³/mol. The molecule has 204 valence electrons. The van der Waals surface area contributed by atoms with Gasteiger partial charge in [0.25, 0.3) is 0 Å². The van der Waals surface area contributed by atoms with Gasteiger partial charge in [-0.2, -0.15) is 0 Å². The van der Waals surface area contributed by atoms with Crippen LogP contribution < -0.4 is 19.9 Å². The summed E-state index contributed by atoms with van der Waals surface area (Å²) in [7, 11) is 2.87. The molecular formula is C32H29NO7. The van der Waals surface area contributed by atoms with Crippen LogP contribution in [0.15, 0.2) is 97.1 Å². The number of hydrogen-bond acceptors (Lipinski definition) is 7. The summed E-state index contributed by atoms with van der Waals surface area (Å²) in [5, 5.41) is 10.3. The quantitative estimate of drug-likeness (QED) is 0.278. The van der Waals surface area contributed by atoms with E-state index in [1.807, 2.05) is 48.5 Å². The fourth-order valence-electron chi connectivity index (χ4n) is 5.19. The second kappa shape index (κ2) is 11.1. The van der Waals surface area contributed by atoms with E-state index in [2.05, 4.69) is 0 Å². The first-order valence-electron chi connectivity index (χ1n) is 12.7. The molecule has 0 fully saturated rings. The number of carboxylic acid groups (broad SMARTS) is 1. The first-order chi connectivity index (χ1) is 19.4. The summed E-state index contributed by atoms with van der Waals surface area (Å²) in [6.07, 6.45) is -1.85. The van der Waals surface area contributed by atoms with Crippen molar-refractivity contribution in [2.75, 3.05) is 20.8 Å². The molecule has 1 aliphatic carbocycles. The third-order valence-electron chi connectivity index (χ3n) is 7.17. The highest BCUT2D eigenvalue weighted by molar-refractivity contribution is 5.92. The van der Waals surface area contributed by atoms with Gasteiger partial charge in [-0.15, -0.1) is 0 Å². The minimum Gasteiger partial charge on any atom is -0.497 e. The number of benzene rings is 4. The molecule has 2 atom stereocenters. The number of esters is 1. The lowest BCUT2D eigenvalue weighted by Gasteiger charge is -2.34. The SMILES string of the molecule is COc1ccc(C(N)(C(=O)OCC2c3ccccc3-c3ccccc32)C(Oc2ccccc2)C(=O)O)c(OC)c1. The first kappa shape index (κ1) is 26.8. The summed E-state index contributed by atoms with van der Waals surface area (Å²) in [6, 6.07) is 28.7. The van der Waals surface area contributed by atoms with Crippen molar-refractivity contribution >= 4 is 11.9 Å². The average Bonchev–Trinajstić information content (AvgIpc) is 3.31. The number of ether oxygens (including phenoxy) is 4. The second-order valence-corrected chi connectivity index (χ2v) is 9.41. The molecule has 0 aliphatic heterocycles. The van der Waals surface area contributed by atoms with Gasteiger partial charge >= 0.3 is 11.9 Å². The van der Waals surface area contributed by atoms with Crippen molar-refractivity contribution in [3.63, 3.8) is 0 Å². The van der Waals surface area contributed by atoms with Crippen LogP contribution in [0, 0.1) is 0 Å². The summed E-state index contributed by atoms with van der Waals surface area (Å²) in [5.74, 6) is -1.86. The van der Waals surface area contributed by atoms with E-state index in [-0.39, 0.29) is 29.6 Å². The maximum Gasteiger partial charge on any atom is 0.347 e. The number of aliphatic carboxylic acids is 1. The Hall–Kier alpha value is -4.82. The van der Waals surface area contributed by atoms with Crippen LogP contribution in [0.2, 0.25) is 0 Å². The lowest BCUT2D eigenvalue weighted by Crippen LogP contribution is -2.60. The lowest BCUT2D eigenvalue weighted by molar-refractivity contribution is -0.164. The molecular weight excluding hydrogens is 510 g/mol. The highest BCUT2D eigenvalue weighted by Crippen LogP contribution is 2.45. The standard InChI is InChI=1S/C32H29NO7/c1-37-21-16-17-27(28(18-21)38-2)32(33,29(30(34)35)40-20-10-4-3-5-11-20)31(36)39-19-26-24-14-8-6-12-22(24)23-13-7-9-15-25(23)26/h3-18,26,29H,19,33H2,1-2H3,(H,34,35). The van der Waals surface area contributed by atoms with Gasteiger partial charge in [0.1, 0.15) is 23.9 Å². The Labute approximate surface area is 231 Å². The lowest BCUT2D eigenvalue weighted by atomic mass is 9.84. The van der Waals surface area contributed by atoms with E-state index in [0.717, 1.165) is 22.3 Å². The van der Waals surface area contributed by atoms with Gasteiger partial charge in [0, 0.05) is 17.5 Å². The topological polar surface area (TPSA) is 117 Å². The highest BCUT2D eigenvalue weighted by atomic mass is 16.5. The predicted octanol–water partition coefficient (Wildman–Crippen LogP) is 4.75. The van der Waals surface area contributed by atoms with Gasteiger partial charge in [0.2, 0.25) is 6.10 Å². The van der Waals surface area contributed by atoms with E-state index in [0.29, 0.717) is 5.75 Å². The molecule has 0 spiro atoms. The van der Waals surface area contributed by atoms with Crippen LogP contribution in [-0.4, -0.2) is 44.0 Å². The summed E-state index contributed by atoms with van der Waals surface area (Å²) < 4.78 is 22.5. The van der Waals surface area contributed by atoms with Gasteiger partial charge in [0.15, 0.2) is 5.54 Å². The minimum atomic E-state index is -2.29. The molecule has 1 aliphatic rings. The maximum absolute atomic E-state index is 14.0. The first-order valence-corrected chi connectivity index (χ1v) is 12.7. The molecule has 0 heterocycles. The van der Waals surface area contributed by atoms with Gasteiger partial charge in [-0.25, -0.2) is 9.59 Å². The van der Waals surface area contributed by atoms with Gasteiger partial charge in [-0.3, -0.25) is 0 Å². The van der Waals surface area contributed by atoms with Crippen molar-refractivity contribution in [2.24, 2.45) is 5.73 Å². The molecule has 8 nitrogen and oxygen atoms in total. The van der Waals surface area contributed by atoms with Crippen molar-refractivity contribution < 1.29 is 33.6 Å². The molecule has 40 heavy (non-hydrogen) atoms. The summed E-state index contributed by atoms with van der Waals surface area (Å²) in [6.45, 7) is -0.0536. The fraction of sp³-hybridized carbons (Fsp3) is 0.188. The third-order valence-corrected chi connectivity index (χ3v) is 7.17. The number of nitrogens with two attached hydrogens (primary N) is 1. The molecule has 4 aromatic rings. The molecule has 3 N–H and O–H groups in total. The van der Waals surface area contributed by atoms with Gasteiger partial charge in [0.05, 0.1) is 14.2 Å². The van der Waals surface area contributed by atoms with Crippen LogP contribution in [-0.2, 0) is 19.9 Å². The second-order valence-electron chi connectivity index (χ2n) is 9.41. The van der Waals surface area contributed by atoms with Crippen molar-refractivity contribution in [1.29, 1.82) is 0 Å². The molecule has 0 aromatic heterocycles. The van der Waals surface area contributed by atoms with Gasteiger partial charge in [-0.05, 0) is 46.5 Å². The maximum atomic E-state index is 14.0. The van der Waals surface area contributed by atoms with E-state index in [1.54, 1.807) is 36.4 Å². The minimum absolute atomic E-state index is 0.0536. The van der Waals surface area contributed by atoms with E-state index in [1.165, 1.54) is 26.4 Å². The zero-order valence-electron chi connectivity index (χ0n) is 22.1. The Morgan fingerprint density at radius 2 is 1.43 bits per heavy atom. The number of hydrogen-bond donors (Lipinski definition) is 2. The number of methoxy groups -OCH3 is 2. The zero-order valence-corrected chi connectivity index (χ0v) is 22.1. The number of rotatable bonds is 10. The molecule has 8 heteroatoms. The van der Waals surface area contributed by atoms with E-state index < -0.39 is 23.6 Å². The number of carbonyl (C=O) groups is 2. The summed E-state index contributed by atoms with van der Waals surface area (Å²) in [4.78, 5) is 26.7. The van der Waals surface area contributed by atoms with E-state index >= 15 is 0 Å². The van der Waals surface area contributed by atoms with Gasteiger partial charge in [-0.1, -0.05) is 66.7 Å². The van der Waals surface area contributed by atoms with Crippen LogP contribution in [0.1, 0.15) is 22.6 Å². The van der Waals surface area contributed by atoms with Crippen molar-refractivity contribution in [3.05, 3.63) is 114 Å². The molecule has 0 bridgehead atoms.